The maximum Gasteiger partial charge on any atom is 0.334 e. The molecule has 13 heteroatoms. The van der Waals surface area contributed by atoms with Crippen LogP contribution in [0.5, 0.6) is 0 Å². The van der Waals surface area contributed by atoms with E-state index >= 15 is 0 Å². The first-order chi connectivity index (χ1) is 15.8. The lowest BCUT2D eigenvalue weighted by atomic mass is 10.0. The minimum atomic E-state index is -1.08. The Hall–Kier alpha value is -2.90. The van der Waals surface area contributed by atoms with Gasteiger partial charge in [0.15, 0.2) is 4.34 Å². The van der Waals surface area contributed by atoms with E-state index in [4.69, 9.17) is 0 Å². The van der Waals surface area contributed by atoms with Crippen molar-refractivity contribution in [3.8, 4) is 0 Å². The van der Waals surface area contributed by atoms with E-state index in [2.05, 4.69) is 20.8 Å². The van der Waals surface area contributed by atoms with Gasteiger partial charge in [-0.2, -0.15) is 0 Å². The van der Waals surface area contributed by atoms with Crippen molar-refractivity contribution in [3.63, 3.8) is 0 Å². The number of thioether (sulfide) groups is 2. The zero-order valence-electron chi connectivity index (χ0n) is 17.2. The van der Waals surface area contributed by atoms with Crippen LogP contribution in [0.25, 0.3) is 0 Å². The Bertz CT molecular complexity index is 1090. The normalized spacial score (nSPS) is 22.5. The van der Waals surface area contributed by atoms with Crippen LogP contribution < -0.4 is 10.6 Å². The van der Waals surface area contributed by atoms with Gasteiger partial charge in [0.2, 0.25) is 11.8 Å². The molecule has 0 spiro atoms. The zero-order chi connectivity index (χ0) is 23.5. The second-order valence-electron chi connectivity index (χ2n) is 7.19. The number of rotatable bonds is 8. The van der Waals surface area contributed by atoms with Gasteiger partial charge in [0.1, 0.15) is 23.0 Å². The Labute approximate surface area is 201 Å². The van der Waals surface area contributed by atoms with Crippen LogP contribution in [-0.2, 0) is 19.2 Å². The number of carboxylic acid groups (broad SMARTS) is 1. The smallest absolute Gasteiger partial charge is 0.334 e. The van der Waals surface area contributed by atoms with Gasteiger partial charge in [-0.1, -0.05) is 53.4 Å². The van der Waals surface area contributed by atoms with Crippen LogP contribution in [0, 0.1) is 0 Å². The maximum atomic E-state index is 13.1. The first-order valence-corrected chi connectivity index (χ1v) is 12.6. The number of fused-ring (bicyclic) bond motifs is 1. The number of carbonyl (C=O) groups is 4. The molecule has 2 aliphatic rings. The van der Waals surface area contributed by atoms with Gasteiger partial charge in [0.05, 0.1) is 11.3 Å². The predicted molar refractivity (Wildman–Crippen MR) is 123 cm³/mol. The predicted octanol–water partition coefficient (Wildman–Crippen LogP) is 1.24. The molecule has 4 rings (SSSR count). The maximum absolute atomic E-state index is 13.1. The zero-order valence-corrected chi connectivity index (χ0v) is 19.7. The Kier molecular flexibility index (Phi) is 7.00. The molecule has 172 valence electrons. The summed E-state index contributed by atoms with van der Waals surface area (Å²) in [5, 5.41) is 21.6. The highest BCUT2D eigenvalue weighted by Gasteiger charge is 2.52. The third kappa shape index (κ3) is 5.04. The summed E-state index contributed by atoms with van der Waals surface area (Å²) in [7, 11) is 0. The van der Waals surface area contributed by atoms with Crippen molar-refractivity contribution in [2.45, 2.75) is 34.0 Å². The summed E-state index contributed by atoms with van der Waals surface area (Å²) in [4.78, 5) is 50.9. The Morgan fingerprint density at radius 1 is 1.27 bits per heavy atom. The molecular formula is C20H19N5O5S3. The third-order valence-corrected chi connectivity index (χ3v) is 8.35. The lowest BCUT2D eigenvalue weighted by Crippen LogP contribution is -2.69. The van der Waals surface area contributed by atoms with E-state index in [0.29, 0.717) is 9.90 Å². The molecule has 1 fully saturated rings. The number of benzene rings is 1. The topological polar surface area (TPSA) is 142 Å². The molecule has 4 atom stereocenters. The number of aromatic nitrogens is 2. The SMILES string of the molecule is CC1S[C@@H]2C(NC(=O)C(NC(=O)CSc3nncs3)c3ccccc3)C(=O)N2C=C1C(=O)O. The molecule has 3 N–H and O–H groups in total. The minimum absolute atomic E-state index is 0.0562. The van der Waals surface area contributed by atoms with Crippen molar-refractivity contribution in [3.05, 3.63) is 53.2 Å². The Balaban J connectivity index is 1.44. The van der Waals surface area contributed by atoms with Crippen molar-refractivity contribution < 1.29 is 24.3 Å². The van der Waals surface area contributed by atoms with Crippen LogP contribution in [0.2, 0.25) is 0 Å². The van der Waals surface area contributed by atoms with Crippen LogP contribution in [0.15, 0.2) is 52.0 Å². The van der Waals surface area contributed by atoms with Crippen LogP contribution in [0.4, 0.5) is 0 Å². The van der Waals surface area contributed by atoms with Crippen molar-refractivity contribution in [1.82, 2.24) is 25.7 Å². The summed E-state index contributed by atoms with van der Waals surface area (Å²) in [6.07, 6.45) is 1.33. The molecule has 2 aliphatic heterocycles. The second kappa shape index (κ2) is 9.93. The molecular weight excluding hydrogens is 486 g/mol. The fourth-order valence-corrected chi connectivity index (χ4v) is 6.07. The monoisotopic (exact) mass is 505 g/mol. The number of β-lactam (4-membered cyclic amide) rings is 1. The molecule has 0 saturated carbocycles. The number of carboxylic acids is 1. The number of nitrogens with zero attached hydrogens (tertiary/aromatic N) is 3. The molecule has 1 saturated heterocycles. The number of carbonyl (C=O) groups excluding carboxylic acids is 3. The van der Waals surface area contributed by atoms with E-state index in [1.165, 1.54) is 46.0 Å². The van der Waals surface area contributed by atoms with E-state index < -0.39 is 35.2 Å². The van der Waals surface area contributed by atoms with E-state index in [0.717, 1.165) is 0 Å². The van der Waals surface area contributed by atoms with E-state index in [-0.39, 0.29) is 22.5 Å². The highest BCUT2D eigenvalue weighted by atomic mass is 32.2. The van der Waals surface area contributed by atoms with Gasteiger partial charge < -0.3 is 20.6 Å². The van der Waals surface area contributed by atoms with Gasteiger partial charge in [-0.3, -0.25) is 14.4 Å². The van der Waals surface area contributed by atoms with Gasteiger partial charge in [-0.05, 0) is 12.5 Å². The summed E-state index contributed by atoms with van der Waals surface area (Å²) in [6.45, 7) is 1.74. The molecule has 3 unspecified atom stereocenters. The highest BCUT2D eigenvalue weighted by molar-refractivity contribution is 8.01. The molecule has 2 aromatic rings. The second-order valence-corrected chi connectivity index (χ2v) is 10.7. The summed E-state index contributed by atoms with van der Waals surface area (Å²) in [6, 6.07) is 6.94. The molecule has 3 amide bonds. The van der Waals surface area contributed by atoms with E-state index in [9.17, 15) is 24.3 Å². The van der Waals surface area contributed by atoms with Gasteiger partial charge in [-0.25, -0.2) is 4.79 Å². The number of aliphatic carboxylic acids is 1. The largest absolute Gasteiger partial charge is 0.478 e. The first kappa shape index (κ1) is 23.3. The van der Waals surface area contributed by atoms with Gasteiger partial charge in [0.25, 0.3) is 5.91 Å². The van der Waals surface area contributed by atoms with Gasteiger partial charge in [-0.15, -0.1) is 22.0 Å². The lowest BCUT2D eigenvalue weighted by molar-refractivity contribution is -0.145. The molecule has 0 aliphatic carbocycles. The van der Waals surface area contributed by atoms with Crippen LogP contribution in [0.1, 0.15) is 18.5 Å². The Morgan fingerprint density at radius 3 is 2.70 bits per heavy atom. The first-order valence-electron chi connectivity index (χ1n) is 9.81. The van der Waals surface area contributed by atoms with E-state index in [1.54, 1.807) is 42.8 Å². The molecule has 0 radical (unpaired) electrons. The number of hydrogen-bond acceptors (Lipinski definition) is 9. The summed E-state index contributed by atoms with van der Waals surface area (Å²) < 4.78 is 0.642. The van der Waals surface area contributed by atoms with Crippen molar-refractivity contribution in [1.29, 1.82) is 0 Å². The number of nitrogens with one attached hydrogen (secondary N) is 2. The average Bonchev–Trinajstić information content (AvgIpc) is 3.33. The third-order valence-electron chi connectivity index (χ3n) is 5.05. The standard InChI is InChI=1S/C20H19N5O5S3/c1-10-12(19(29)30)7-25-17(28)15(18(25)33-10)23-16(27)14(11-5-3-2-4-6-11)22-13(26)8-31-20-24-21-9-32-20/h2-7,9-10,14-15,18H,8H2,1H3,(H,22,26)(H,23,27)(H,29,30)/t10?,14?,15?,18-/m1/s1. The summed E-state index contributed by atoms with van der Waals surface area (Å²) in [5.41, 5.74) is 2.28. The van der Waals surface area contributed by atoms with Crippen molar-refractivity contribution >= 4 is 58.6 Å². The van der Waals surface area contributed by atoms with E-state index in [1.807, 2.05) is 0 Å². The number of amides is 3. The summed E-state index contributed by atoms with van der Waals surface area (Å²) >= 11 is 3.82. The summed E-state index contributed by atoms with van der Waals surface area (Å²) in [5.74, 6) is -2.30. The fraction of sp³-hybridized carbons (Fsp3) is 0.300. The number of hydrogen-bond donors (Lipinski definition) is 3. The van der Waals surface area contributed by atoms with Gasteiger partial charge >= 0.3 is 5.97 Å². The molecule has 10 nitrogen and oxygen atoms in total. The average molecular weight is 506 g/mol. The molecule has 3 heterocycles. The highest BCUT2D eigenvalue weighted by Crippen LogP contribution is 2.40. The fourth-order valence-electron chi connectivity index (χ4n) is 3.41. The lowest BCUT2D eigenvalue weighted by Gasteiger charge is -2.48. The quantitative estimate of drug-likeness (QED) is 0.357. The van der Waals surface area contributed by atoms with Gasteiger partial charge in [0, 0.05) is 11.4 Å². The van der Waals surface area contributed by atoms with Crippen LogP contribution in [0.3, 0.4) is 0 Å². The molecule has 0 bridgehead atoms. The van der Waals surface area contributed by atoms with Crippen LogP contribution >= 0.6 is 34.9 Å². The molecule has 33 heavy (non-hydrogen) atoms. The molecule has 1 aromatic heterocycles. The van der Waals surface area contributed by atoms with Crippen LogP contribution in [-0.4, -0.2) is 66.3 Å². The minimum Gasteiger partial charge on any atom is -0.478 e. The van der Waals surface area contributed by atoms with Crippen molar-refractivity contribution in [2.75, 3.05) is 5.75 Å². The molecule has 1 aromatic carbocycles. The Morgan fingerprint density at radius 2 is 2.03 bits per heavy atom. The van der Waals surface area contributed by atoms with Crippen molar-refractivity contribution in [2.24, 2.45) is 0 Å².